The third-order valence-corrected chi connectivity index (χ3v) is 3.48. The van der Waals surface area contributed by atoms with Crippen LogP contribution in [0.1, 0.15) is 25.3 Å². The van der Waals surface area contributed by atoms with Gasteiger partial charge in [-0.25, -0.2) is 4.98 Å². The summed E-state index contributed by atoms with van der Waals surface area (Å²) in [6.45, 7) is 3.28. The lowest BCUT2D eigenvalue weighted by Crippen LogP contribution is -2.42. The van der Waals surface area contributed by atoms with Crippen molar-refractivity contribution in [2.75, 3.05) is 25.0 Å². The van der Waals surface area contributed by atoms with E-state index in [0.717, 1.165) is 25.5 Å². The lowest BCUT2D eigenvalue weighted by Gasteiger charge is -2.17. The number of nitrogens with one attached hydrogen (secondary N) is 3. The van der Waals surface area contributed by atoms with Crippen LogP contribution in [0, 0.1) is 0 Å². The Hall–Kier alpha value is -1.52. The van der Waals surface area contributed by atoms with Gasteiger partial charge in [-0.3, -0.25) is 4.99 Å². The molecule has 1 aliphatic rings. The van der Waals surface area contributed by atoms with Crippen LogP contribution < -0.4 is 16.0 Å². The van der Waals surface area contributed by atoms with Gasteiger partial charge in [-0.15, -0.1) is 24.0 Å². The molecule has 1 heterocycles. The Balaban J connectivity index is 0.00000312. The molecule has 0 saturated carbocycles. The average molecular weight is 469 g/mol. The molecule has 1 aromatic rings. The highest BCUT2D eigenvalue weighted by Gasteiger charge is 2.33. The summed E-state index contributed by atoms with van der Waals surface area (Å²) < 4.78 is 38.6. The molecule has 2 rings (SSSR count). The van der Waals surface area contributed by atoms with Crippen molar-refractivity contribution in [2.24, 2.45) is 4.99 Å². The fraction of sp³-hybridized carbons (Fsp3) is 0.500. The van der Waals surface area contributed by atoms with Gasteiger partial charge in [-0.1, -0.05) is 12.2 Å². The van der Waals surface area contributed by atoms with Gasteiger partial charge < -0.3 is 16.0 Å². The van der Waals surface area contributed by atoms with Crippen LogP contribution in [0.4, 0.5) is 19.0 Å². The Morgan fingerprint density at radius 2 is 2.04 bits per heavy atom. The highest BCUT2D eigenvalue weighted by Crippen LogP contribution is 2.33. The zero-order chi connectivity index (χ0) is 17.4. The van der Waals surface area contributed by atoms with Gasteiger partial charge in [0.05, 0.1) is 12.1 Å². The summed E-state index contributed by atoms with van der Waals surface area (Å²) in [7, 11) is 0. The van der Waals surface area contributed by atoms with Gasteiger partial charge in [0.15, 0.2) is 5.96 Å². The first-order valence-electron chi connectivity index (χ1n) is 7.96. The van der Waals surface area contributed by atoms with E-state index in [9.17, 15) is 13.2 Å². The third-order valence-electron chi connectivity index (χ3n) is 3.48. The minimum Gasteiger partial charge on any atom is -0.368 e. The first-order valence-corrected chi connectivity index (χ1v) is 7.96. The highest BCUT2D eigenvalue weighted by atomic mass is 127. The molecule has 0 fully saturated rings. The van der Waals surface area contributed by atoms with E-state index in [4.69, 9.17) is 0 Å². The third kappa shape index (κ3) is 7.09. The van der Waals surface area contributed by atoms with Crippen molar-refractivity contribution in [3.63, 3.8) is 0 Å². The molecule has 140 valence electrons. The highest BCUT2D eigenvalue weighted by molar-refractivity contribution is 14.0. The van der Waals surface area contributed by atoms with Crippen LogP contribution in [-0.2, 0) is 6.18 Å². The molecule has 0 radical (unpaired) electrons. The number of rotatable bonds is 6. The number of pyridine rings is 1. The molecule has 9 heteroatoms. The predicted molar refractivity (Wildman–Crippen MR) is 104 cm³/mol. The molecule has 0 aromatic carbocycles. The van der Waals surface area contributed by atoms with E-state index in [-0.39, 0.29) is 36.3 Å². The second-order valence-corrected chi connectivity index (χ2v) is 5.37. The Morgan fingerprint density at radius 1 is 1.32 bits per heavy atom. The Kier molecular flexibility index (Phi) is 9.01. The summed E-state index contributed by atoms with van der Waals surface area (Å²) in [5.41, 5.74) is -0.768. The predicted octanol–water partition coefficient (Wildman–Crippen LogP) is 3.40. The Labute approximate surface area is 162 Å². The van der Waals surface area contributed by atoms with Gasteiger partial charge >= 0.3 is 6.18 Å². The Morgan fingerprint density at radius 3 is 2.68 bits per heavy atom. The number of alkyl halides is 3. The van der Waals surface area contributed by atoms with Crippen molar-refractivity contribution >= 4 is 35.8 Å². The molecule has 0 atom stereocenters. The van der Waals surface area contributed by atoms with Gasteiger partial charge in [0, 0.05) is 25.3 Å². The molecular weight excluding hydrogens is 446 g/mol. The molecule has 0 aliphatic heterocycles. The van der Waals surface area contributed by atoms with Crippen LogP contribution in [-0.4, -0.2) is 36.6 Å². The number of nitrogens with zero attached hydrogens (tertiary/aromatic N) is 2. The van der Waals surface area contributed by atoms with Crippen LogP contribution in [0.5, 0.6) is 0 Å². The smallest absolute Gasteiger partial charge is 0.368 e. The average Bonchev–Trinajstić information content (AvgIpc) is 3.04. The Bertz CT molecular complexity index is 581. The molecule has 0 spiro atoms. The standard InChI is InChI=1S/C16H22F3N5.HI/c1-2-20-15(24-12-6-3-4-7-12)23-11-10-22-14-13(16(17,18)19)8-5-9-21-14;/h3-5,8-9,12H,2,6-7,10-11H2,1H3,(H,21,22)(H2,20,23,24);1H. The summed E-state index contributed by atoms with van der Waals surface area (Å²) >= 11 is 0. The second kappa shape index (κ2) is 10.5. The monoisotopic (exact) mass is 469 g/mol. The molecule has 0 bridgehead atoms. The maximum absolute atomic E-state index is 12.9. The number of aromatic nitrogens is 1. The lowest BCUT2D eigenvalue weighted by atomic mass is 10.2. The van der Waals surface area contributed by atoms with Crippen LogP contribution in [0.15, 0.2) is 35.5 Å². The number of hydrogen-bond donors (Lipinski definition) is 3. The molecule has 0 amide bonds. The number of anilines is 1. The molecule has 0 saturated heterocycles. The second-order valence-electron chi connectivity index (χ2n) is 5.37. The maximum atomic E-state index is 12.9. The SMILES string of the molecule is CCNC(=NCCNc1ncccc1C(F)(F)F)NC1CC=CC1.I. The normalized spacial score (nSPS) is 15.0. The van der Waals surface area contributed by atoms with Gasteiger partial charge in [0.1, 0.15) is 5.82 Å². The number of aliphatic imine (C=N–C) groups is 1. The fourth-order valence-electron chi connectivity index (χ4n) is 2.37. The summed E-state index contributed by atoms with van der Waals surface area (Å²) in [6.07, 6.45) is 3.04. The summed E-state index contributed by atoms with van der Waals surface area (Å²) in [5.74, 6) is 0.503. The molecule has 25 heavy (non-hydrogen) atoms. The summed E-state index contributed by atoms with van der Waals surface area (Å²) in [5, 5.41) is 9.14. The van der Waals surface area contributed by atoms with Gasteiger partial charge in [-0.2, -0.15) is 13.2 Å². The van der Waals surface area contributed by atoms with Crippen LogP contribution in [0.2, 0.25) is 0 Å². The van der Waals surface area contributed by atoms with E-state index in [1.165, 1.54) is 12.3 Å². The first-order chi connectivity index (χ1) is 11.5. The van der Waals surface area contributed by atoms with E-state index < -0.39 is 11.7 Å². The van der Waals surface area contributed by atoms with Crippen LogP contribution in [0.3, 0.4) is 0 Å². The fourth-order valence-corrected chi connectivity index (χ4v) is 2.37. The number of hydrogen-bond acceptors (Lipinski definition) is 3. The van der Waals surface area contributed by atoms with Crippen molar-refractivity contribution in [1.29, 1.82) is 0 Å². The van der Waals surface area contributed by atoms with Crippen molar-refractivity contribution in [3.8, 4) is 0 Å². The molecule has 5 nitrogen and oxygen atoms in total. The minimum absolute atomic E-state index is 0. The van der Waals surface area contributed by atoms with Crippen LogP contribution >= 0.6 is 24.0 Å². The minimum atomic E-state index is -4.42. The van der Waals surface area contributed by atoms with E-state index in [1.54, 1.807) is 0 Å². The quantitative estimate of drug-likeness (QED) is 0.197. The van der Waals surface area contributed by atoms with Gasteiger partial charge in [0.2, 0.25) is 0 Å². The van der Waals surface area contributed by atoms with E-state index in [2.05, 4.69) is 38.1 Å². The van der Waals surface area contributed by atoms with E-state index >= 15 is 0 Å². The topological polar surface area (TPSA) is 61.3 Å². The number of halogens is 4. The summed E-state index contributed by atoms with van der Waals surface area (Å²) in [6, 6.07) is 2.61. The maximum Gasteiger partial charge on any atom is 0.419 e. The van der Waals surface area contributed by atoms with Crippen molar-refractivity contribution in [3.05, 3.63) is 36.0 Å². The van der Waals surface area contributed by atoms with E-state index in [1.807, 2.05) is 6.92 Å². The summed E-state index contributed by atoms with van der Waals surface area (Å²) in [4.78, 5) is 8.14. The first kappa shape index (κ1) is 21.5. The molecule has 1 aromatic heterocycles. The van der Waals surface area contributed by atoms with Crippen molar-refractivity contribution in [2.45, 2.75) is 32.0 Å². The molecule has 3 N–H and O–H groups in total. The van der Waals surface area contributed by atoms with Gasteiger partial charge in [0.25, 0.3) is 0 Å². The molecular formula is C16H23F3IN5. The molecule has 1 aliphatic carbocycles. The zero-order valence-electron chi connectivity index (χ0n) is 13.9. The van der Waals surface area contributed by atoms with Crippen LogP contribution in [0.25, 0.3) is 0 Å². The van der Waals surface area contributed by atoms with Crippen molar-refractivity contribution < 1.29 is 13.2 Å². The van der Waals surface area contributed by atoms with Gasteiger partial charge in [-0.05, 0) is 31.9 Å². The lowest BCUT2D eigenvalue weighted by molar-refractivity contribution is -0.137. The molecule has 0 unspecified atom stereocenters. The largest absolute Gasteiger partial charge is 0.419 e. The number of guanidine groups is 1. The zero-order valence-corrected chi connectivity index (χ0v) is 16.3. The van der Waals surface area contributed by atoms with Crippen molar-refractivity contribution in [1.82, 2.24) is 15.6 Å². The van der Waals surface area contributed by atoms with E-state index in [0.29, 0.717) is 18.5 Å².